The van der Waals surface area contributed by atoms with Gasteiger partial charge in [0.15, 0.2) is 0 Å². The lowest BCUT2D eigenvalue weighted by Crippen LogP contribution is -2.46. The zero-order chi connectivity index (χ0) is 16.5. The molecule has 122 valence electrons. The van der Waals surface area contributed by atoms with Gasteiger partial charge in [-0.25, -0.2) is 4.79 Å². The van der Waals surface area contributed by atoms with Crippen LogP contribution in [0, 0.1) is 0 Å². The van der Waals surface area contributed by atoms with Crippen molar-refractivity contribution >= 4 is 17.6 Å². The molecule has 0 bridgehead atoms. The molecule has 0 saturated heterocycles. The third-order valence-corrected chi connectivity index (χ3v) is 2.64. The highest BCUT2D eigenvalue weighted by atomic mass is 19.3. The zero-order valence-corrected chi connectivity index (χ0v) is 12.4. The van der Waals surface area contributed by atoms with Crippen LogP contribution >= 0.6 is 0 Å². The summed E-state index contributed by atoms with van der Waals surface area (Å²) in [6, 6.07) is 4.34. The van der Waals surface area contributed by atoms with E-state index in [-0.39, 0.29) is 17.3 Å². The number of ether oxygens (including phenoxy) is 1. The Bertz CT molecular complexity index is 512. The molecule has 8 heteroatoms. The number of anilines is 1. The summed E-state index contributed by atoms with van der Waals surface area (Å²) < 4.78 is 28.8. The molecule has 1 atom stereocenters. The van der Waals surface area contributed by atoms with Crippen molar-refractivity contribution in [3.05, 3.63) is 24.3 Å². The van der Waals surface area contributed by atoms with E-state index in [1.54, 1.807) is 6.07 Å². The summed E-state index contributed by atoms with van der Waals surface area (Å²) in [6.07, 6.45) is 0.781. The fourth-order valence-electron chi connectivity index (χ4n) is 1.59. The van der Waals surface area contributed by atoms with Gasteiger partial charge in [0, 0.05) is 6.54 Å². The highest BCUT2D eigenvalue weighted by Crippen LogP contribution is 2.25. The molecule has 0 aliphatic heterocycles. The second-order valence-corrected chi connectivity index (χ2v) is 4.49. The smallest absolute Gasteiger partial charge is 0.387 e. The van der Waals surface area contributed by atoms with Gasteiger partial charge in [-0.15, -0.1) is 0 Å². The molecule has 22 heavy (non-hydrogen) atoms. The normalized spacial score (nSPS) is 11.7. The maximum absolute atomic E-state index is 12.3. The summed E-state index contributed by atoms with van der Waals surface area (Å²) in [5.74, 6) is -0.482. The van der Waals surface area contributed by atoms with E-state index in [9.17, 15) is 18.4 Å². The molecule has 0 aliphatic carbocycles. The van der Waals surface area contributed by atoms with Crippen LogP contribution in [0.3, 0.4) is 0 Å². The van der Waals surface area contributed by atoms with Crippen molar-refractivity contribution < 1.29 is 23.1 Å². The Morgan fingerprint density at radius 2 is 1.95 bits per heavy atom. The number of alkyl halides is 2. The summed E-state index contributed by atoms with van der Waals surface area (Å²) in [7, 11) is 0. The van der Waals surface area contributed by atoms with Gasteiger partial charge in [0.2, 0.25) is 5.91 Å². The standard InChI is InChI=1S/C14H19F2N3O3/c1-3-8-17-12(20)9(2)18-14(21)19-10-6-4-5-7-11(10)22-13(15)16/h4-7,9,13H,3,8H2,1-2H3,(H,17,20)(H2,18,19,21)/t9-/m0/s1. The molecule has 1 aromatic carbocycles. The summed E-state index contributed by atoms with van der Waals surface area (Å²) in [5, 5.41) is 7.42. The van der Waals surface area contributed by atoms with Crippen molar-refractivity contribution in [2.75, 3.05) is 11.9 Å². The predicted molar refractivity (Wildman–Crippen MR) is 78.0 cm³/mol. The number of carbonyl (C=O) groups excluding carboxylic acids is 2. The Balaban J connectivity index is 2.60. The van der Waals surface area contributed by atoms with Gasteiger partial charge in [0.1, 0.15) is 11.8 Å². The Hall–Kier alpha value is -2.38. The van der Waals surface area contributed by atoms with Gasteiger partial charge in [0.25, 0.3) is 0 Å². The molecule has 0 unspecified atom stereocenters. The second-order valence-electron chi connectivity index (χ2n) is 4.49. The third-order valence-electron chi connectivity index (χ3n) is 2.64. The van der Waals surface area contributed by atoms with Gasteiger partial charge < -0.3 is 20.7 Å². The second kappa shape index (κ2) is 8.81. The quantitative estimate of drug-likeness (QED) is 0.722. The molecular weight excluding hydrogens is 296 g/mol. The molecule has 0 radical (unpaired) electrons. The Labute approximate surface area is 127 Å². The number of hydrogen-bond donors (Lipinski definition) is 3. The Kier molecular flexibility index (Phi) is 7.07. The Morgan fingerprint density at radius 3 is 2.59 bits per heavy atom. The van der Waals surface area contributed by atoms with E-state index in [0.29, 0.717) is 6.54 Å². The van der Waals surface area contributed by atoms with Crippen LogP contribution in [0.25, 0.3) is 0 Å². The zero-order valence-electron chi connectivity index (χ0n) is 12.4. The first kappa shape index (κ1) is 17.7. The van der Waals surface area contributed by atoms with E-state index in [2.05, 4.69) is 20.7 Å². The van der Waals surface area contributed by atoms with Gasteiger partial charge in [-0.3, -0.25) is 4.79 Å². The number of halogens is 2. The average Bonchev–Trinajstić information content (AvgIpc) is 2.46. The van der Waals surface area contributed by atoms with Crippen LogP contribution in [-0.2, 0) is 4.79 Å². The summed E-state index contributed by atoms with van der Waals surface area (Å²) in [4.78, 5) is 23.4. The minimum absolute atomic E-state index is 0.0847. The van der Waals surface area contributed by atoms with Crippen molar-refractivity contribution in [3.8, 4) is 5.75 Å². The minimum atomic E-state index is -3.00. The predicted octanol–water partition coefficient (Wildman–Crippen LogP) is 2.32. The summed E-state index contributed by atoms with van der Waals surface area (Å²) >= 11 is 0. The molecule has 0 aliphatic rings. The van der Waals surface area contributed by atoms with Crippen molar-refractivity contribution in [2.45, 2.75) is 32.9 Å². The van der Waals surface area contributed by atoms with Crippen LogP contribution < -0.4 is 20.7 Å². The molecule has 0 spiro atoms. The first-order valence-electron chi connectivity index (χ1n) is 6.83. The Morgan fingerprint density at radius 1 is 1.27 bits per heavy atom. The van der Waals surface area contributed by atoms with Gasteiger partial charge >= 0.3 is 12.6 Å². The van der Waals surface area contributed by atoms with Crippen molar-refractivity contribution in [3.63, 3.8) is 0 Å². The third kappa shape index (κ3) is 5.94. The van der Waals surface area contributed by atoms with Gasteiger partial charge in [-0.2, -0.15) is 8.78 Å². The molecule has 6 nitrogen and oxygen atoms in total. The SMILES string of the molecule is CCCNC(=O)[C@H](C)NC(=O)Nc1ccccc1OC(F)F. The molecule has 3 amide bonds. The molecule has 0 heterocycles. The molecule has 1 rings (SSSR count). The number of hydrogen-bond acceptors (Lipinski definition) is 3. The lowest BCUT2D eigenvalue weighted by atomic mass is 10.3. The first-order valence-corrected chi connectivity index (χ1v) is 6.83. The van der Waals surface area contributed by atoms with Crippen LogP contribution in [0.2, 0.25) is 0 Å². The van der Waals surface area contributed by atoms with Crippen LogP contribution in [0.4, 0.5) is 19.3 Å². The van der Waals surface area contributed by atoms with Crippen molar-refractivity contribution in [1.29, 1.82) is 0 Å². The fraction of sp³-hybridized carbons (Fsp3) is 0.429. The fourth-order valence-corrected chi connectivity index (χ4v) is 1.59. The molecule has 0 fully saturated rings. The molecule has 3 N–H and O–H groups in total. The van der Waals surface area contributed by atoms with Gasteiger partial charge in [-0.1, -0.05) is 19.1 Å². The molecule has 1 aromatic rings. The van der Waals surface area contributed by atoms with Gasteiger partial charge in [-0.05, 0) is 25.5 Å². The first-order chi connectivity index (χ1) is 10.4. The van der Waals surface area contributed by atoms with Crippen molar-refractivity contribution in [2.24, 2.45) is 0 Å². The van der Waals surface area contributed by atoms with Crippen LogP contribution in [0.5, 0.6) is 5.75 Å². The van der Waals surface area contributed by atoms with E-state index in [1.165, 1.54) is 25.1 Å². The number of para-hydroxylation sites is 2. The number of carbonyl (C=O) groups is 2. The monoisotopic (exact) mass is 315 g/mol. The largest absolute Gasteiger partial charge is 0.433 e. The summed E-state index contributed by atoms with van der Waals surface area (Å²) in [5.41, 5.74) is 0.0847. The number of amides is 3. The minimum Gasteiger partial charge on any atom is -0.433 e. The summed E-state index contributed by atoms with van der Waals surface area (Å²) in [6.45, 7) is 0.944. The highest BCUT2D eigenvalue weighted by Gasteiger charge is 2.16. The lowest BCUT2D eigenvalue weighted by Gasteiger charge is -2.16. The lowest BCUT2D eigenvalue weighted by molar-refractivity contribution is -0.122. The number of benzene rings is 1. The van der Waals surface area contributed by atoms with Crippen molar-refractivity contribution in [1.82, 2.24) is 10.6 Å². The number of rotatable bonds is 7. The maximum Gasteiger partial charge on any atom is 0.387 e. The van der Waals surface area contributed by atoms with E-state index >= 15 is 0 Å². The topological polar surface area (TPSA) is 79.5 Å². The van der Waals surface area contributed by atoms with Gasteiger partial charge in [0.05, 0.1) is 5.69 Å². The van der Waals surface area contributed by atoms with Crippen LogP contribution in [0.15, 0.2) is 24.3 Å². The van der Waals surface area contributed by atoms with E-state index in [4.69, 9.17) is 0 Å². The molecule has 0 saturated carbocycles. The maximum atomic E-state index is 12.3. The highest BCUT2D eigenvalue weighted by molar-refractivity contribution is 5.94. The molecular formula is C14H19F2N3O3. The van der Waals surface area contributed by atoms with E-state index in [0.717, 1.165) is 6.42 Å². The van der Waals surface area contributed by atoms with Crippen LogP contribution in [-0.4, -0.2) is 31.1 Å². The van der Waals surface area contributed by atoms with Crippen LogP contribution in [0.1, 0.15) is 20.3 Å². The molecule has 0 aromatic heterocycles. The average molecular weight is 315 g/mol. The van der Waals surface area contributed by atoms with E-state index < -0.39 is 18.7 Å². The van der Waals surface area contributed by atoms with E-state index in [1.807, 2.05) is 6.92 Å². The number of urea groups is 1. The number of nitrogens with one attached hydrogen (secondary N) is 3.